The van der Waals surface area contributed by atoms with Gasteiger partial charge in [-0.25, -0.2) is 0 Å². The summed E-state index contributed by atoms with van der Waals surface area (Å²) < 4.78 is 1.36. The molecule has 0 radical (unpaired) electrons. The van der Waals surface area contributed by atoms with Crippen molar-refractivity contribution in [2.45, 2.75) is 70.1 Å². The summed E-state index contributed by atoms with van der Waals surface area (Å²) in [7, 11) is 0. The third-order valence-electron chi connectivity index (χ3n) is 4.53. The summed E-state index contributed by atoms with van der Waals surface area (Å²) in [5, 5.41) is 0. The molecule has 0 saturated heterocycles. The van der Waals surface area contributed by atoms with E-state index in [4.69, 9.17) is 0 Å². The highest BCUT2D eigenvalue weighted by Gasteiger charge is 2.32. The van der Waals surface area contributed by atoms with Gasteiger partial charge in [-0.15, -0.1) is 0 Å². The summed E-state index contributed by atoms with van der Waals surface area (Å²) in [5.41, 5.74) is 2.12. The van der Waals surface area contributed by atoms with Crippen molar-refractivity contribution in [2.24, 2.45) is 0 Å². The quantitative estimate of drug-likeness (QED) is 0.443. The van der Waals surface area contributed by atoms with Crippen LogP contribution in [0, 0.1) is 3.57 Å². The first-order valence-corrected chi connectivity index (χ1v) is 8.61. The smallest absolute Gasteiger partial charge is 0.0130 e. The van der Waals surface area contributed by atoms with Crippen molar-refractivity contribution >= 4 is 22.6 Å². The fraction of sp³-hybridized carbons (Fsp3) is 0.647. The fourth-order valence-corrected chi connectivity index (χ4v) is 3.79. The molecule has 1 heteroatoms. The Bertz CT molecular complexity index is 346. The van der Waals surface area contributed by atoms with Crippen LogP contribution >= 0.6 is 22.6 Å². The lowest BCUT2D eigenvalue weighted by molar-refractivity contribution is 0.266. The highest BCUT2D eigenvalue weighted by Crippen LogP contribution is 2.43. The van der Waals surface area contributed by atoms with Gasteiger partial charge < -0.3 is 0 Å². The van der Waals surface area contributed by atoms with Crippen LogP contribution in [0.4, 0.5) is 0 Å². The predicted octanol–water partition coefficient (Wildman–Crippen LogP) is 6.07. The molecule has 1 aromatic carbocycles. The van der Waals surface area contributed by atoms with Gasteiger partial charge in [-0.1, -0.05) is 57.6 Å². The minimum Gasteiger partial charge on any atom is -0.0654 e. The van der Waals surface area contributed by atoms with E-state index in [0.717, 1.165) is 0 Å². The molecule has 0 amide bonds. The lowest BCUT2D eigenvalue weighted by Gasteiger charge is -2.38. The Balaban J connectivity index is 2.15. The molecular weight excluding hydrogens is 331 g/mol. The second kappa shape index (κ2) is 6.93. The van der Waals surface area contributed by atoms with E-state index < -0.39 is 0 Å². The maximum Gasteiger partial charge on any atom is 0.0130 e. The highest BCUT2D eigenvalue weighted by molar-refractivity contribution is 14.1. The standard InChI is InChI=1S/C17H25I/c1-2-3-5-12-17(13-6-4-7-14-17)15-8-10-16(18)11-9-15/h8-11H,2-7,12-14H2,1H3. The molecule has 0 atom stereocenters. The van der Waals surface area contributed by atoms with E-state index in [1.807, 2.05) is 0 Å². The maximum atomic E-state index is 2.41. The van der Waals surface area contributed by atoms with Gasteiger partial charge in [0.05, 0.1) is 0 Å². The Hall–Kier alpha value is -0.0500. The van der Waals surface area contributed by atoms with E-state index in [1.54, 1.807) is 5.56 Å². The van der Waals surface area contributed by atoms with Crippen molar-refractivity contribution in [3.63, 3.8) is 0 Å². The first-order chi connectivity index (χ1) is 8.77. The van der Waals surface area contributed by atoms with Gasteiger partial charge in [-0.2, -0.15) is 0 Å². The summed E-state index contributed by atoms with van der Waals surface area (Å²) in [4.78, 5) is 0. The van der Waals surface area contributed by atoms with Crippen LogP contribution in [0.15, 0.2) is 24.3 Å². The molecule has 100 valence electrons. The molecule has 0 unspecified atom stereocenters. The lowest BCUT2D eigenvalue weighted by atomic mass is 9.66. The zero-order valence-corrected chi connectivity index (χ0v) is 13.7. The normalized spacial score (nSPS) is 18.8. The number of halogens is 1. The second-order valence-electron chi connectivity index (χ2n) is 5.80. The van der Waals surface area contributed by atoms with E-state index in [-0.39, 0.29) is 0 Å². The Morgan fingerprint density at radius 1 is 1.00 bits per heavy atom. The molecule has 1 saturated carbocycles. The van der Waals surface area contributed by atoms with Gasteiger partial charge >= 0.3 is 0 Å². The summed E-state index contributed by atoms with van der Waals surface area (Å²) in [5.74, 6) is 0. The number of benzene rings is 1. The molecule has 2 rings (SSSR count). The minimum absolute atomic E-state index is 0.512. The van der Waals surface area contributed by atoms with Crippen molar-refractivity contribution < 1.29 is 0 Å². The minimum atomic E-state index is 0.512. The Labute approximate surface area is 126 Å². The molecule has 18 heavy (non-hydrogen) atoms. The number of hydrogen-bond donors (Lipinski definition) is 0. The number of hydrogen-bond acceptors (Lipinski definition) is 0. The molecule has 0 bridgehead atoms. The van der Waals surface area contributed by atoms with Gasteiger partial charge in [0, 0.05) is 3.57 Å². The van der Waals surface area contributed by atoms with Gasteiger partial charge in [0.15, 0.2) is 0 Å². The first-order valence-electron chi connectivity index (χ1n) is 7.53. The Morgan fingerprint density at radius 2 is 1.67 bits per heavy atom. The average Bonchev–Trinajstić information content (AvgIpc) is 2.41. The highest BCUT2D eigenvalue weighted by atomic mass is 127. The van der Waals surface area contributed by atoms with Crippen LogP contribution in [0.25, 0.3) is 0 Å². The molecule has 0 aliphatic heterocycles. The van der Waals surface area contributed by atoms with Gasteiger partial charge in [0.2, 0.25) is 0 Å². The Morgan fingerprint density at radius 3 is 2.28 bits per heavy atom. The lowest BCUT2D eigenvalue weighted by Crippen LogP contribution is -2.29. The molecule has 0 aromatic heterocycles. The SMILES string of the molecule is CCCCCC1(c2ccc(I)cc2)CCCCC1. The predicted molar refractivity (Wildman–Crippen MR) is 88.1 cm³/mol. The molecule has 1 aliphatic carbocycles. The molecule has 1 aliphatic rings. The summed E-state index contributed by atoms with van der Waals surface area (Å²) in [6.45, 7) is 2.30. The van der Waals surface area contributed by atoms with Crippen LogP contribution in [-0.4, -0.2) is 0 Å². The van der Waals surface area contributed by atoms with E-state index in [1.165, 1.54) is 61.4 Å². The van der Waals surface area contributed by atoms with E-state index in [9.17, 15) is 0 Å². The molecule has 0 heterocycles. The average molecular weight is 356 g/mol. The summed E-state index contributed by atoms with van der Waals surface area (Å²) in [6.07, 6.45) is 12.7. The summed E-state index contributed by atoms with van der Waals surface area (Å²) >= 11 is 2.41. The monoisotopic (exact) mass is 356 g/mol. The maximum absolute atomic E-state index is 2.41. The molecule has 1 aromatic rings. The van der Waals surface area contributed by atoms with Gasteiger partial charge in [0.25, 0.3) is 0 Å². The van der Waals surface area contributed by atoms with Crippen molar-refractivity contribution in [2.75, 3.05) is 0 Å². The zero-order valence-electron chi connectivity index (χ0n) is 11.6. The molecule has 0 spiro atoms. The summed E-state index contributed by atoms with van der Waals surface area (Å²) in [6, 6.07) is 9.34. The van der Waals surface area contributed by atoms with Crippen molar-refractivity contribution in [3.05, 3.63) is 33.4 Å². The second-order valence-corrected chi connectivity index (χ2v) is 7.05. The molecule has 0 N–H and O–H groups in total. The van der Waals surface area contributed by atoms with E-state index in [2.05, 4.69) is 53.8 Å². The zero-order chi connectivity index (χ0) is 12.8. The van der Waals surface area contributed by atoms with Crippen LogP contribution in [0.3, 0.4) is 0 Å². The topological polar surface area (TPSA) is 0 Å². The Kier molecular flexibility index (Phi) is 5.53. The van der Waals surface area contributed by atoms with E-state index in [0.29, 0.717) is 5.41 Å². The number of rotatable bonds is 5. The van der Waals surface area contributed by atoms with Crippen LogP contribution in [0.5, 0.6) is 0 Å². The van der Waals surface area contributed by atoms with Crippen LogP contribution < -0.4 is 0 Å². The molecule has 0 nitrogen and oxygen atoms in total. The van der Waals surface area contributed by atoms with Gasteiger partial charge in [-0.3, -0.25) is 0 Å². The largest absolute Gasteiger partial charge is 0.0654 e. The molecule has 1 fully saturated rings. The van der Waals surface area contributed by atoms with E-state index >= 15 is 0 Å². The molecular formula is C17H25I. The van der Waals surface area contributed by atoms with Crippen molar-refractivity contribution in [1.82, 2.24) is 0 Å². The van der Waals surface area contributed by atoms with Crippen LogP contribution in [-0.2, 0) is 5.41 Å². The van der Waals surface area contributed by atoms with Crippen molar-refractivity contribution in [3.8, 4) is 0 Å². The third-order valence-corrected chi connectivity index (χ3v) is 5.25. The van der Waals surface area contributed by atoms with Crippen LogP contribution in [0.1, 0.15) is 70.3 Å². The first kappa shape index (κ1) is 14.4. The van der Waals surface area contributed by atoms with Gasteiger partial charge in [-0.05, 0) is 65.0 Å². The third kappa shape index (κ3) is 3.49. The van der Waals surface area contributed by atoms with Gasteiger partial charge in [0.1, 0.15) is 0 Å². The van der Waals surface area contributed by atoms with Crippen LogP contribution in [0.2, 0.25) is 0 Å². The fourth-order valence-electron chi connectivity index (χ4n) is 3.43. The number of unbranched alkanes of at least 4 members (excludes halogenated alkanes) is 2. The van der Waals surface area contributed by atoms with Crippen molar-refractivity contribution in [1.29, 1.82) is 0 Å².